The van der Waals surface area contributed by atoms with Gasteiger partial charge in [-0.25, -0.2) is 4.98 Å². The summed E-state index contributed by atoms with van der Waals surface area (Å²) in [6.07, 6.45) is 4.83. The number of hydrogen-bond acceptors (Lipinski definition) is 4. The summed E-state index contributed by atoms with van der Waals surface area (Å²) in [6.45, 7) is 1.75. The zero-order chi connectivity index (χ0) is 12.1. The van der Waals surface area contributed by atoms with Gasteiger partial charge < -0.3 is 5.32 Å². The first kappa shape index (κ1) is 11.3. The van der Waals surface area contributed by atoms with Crippen molar-refractivity contribution in [3.05, 3.63) is 40.6 Å². The van der Waals surface area contributed by atoms with Crippen molar-refractivity contribution >= 4 is 22.9 Å². The summed E-state index contributed by atoms with van der Waals surface area (Å²) >= 11 is 1.27. The van der Waals surface area contributed by atoms with E-state index < -0.39 is 0 Å². The van der Waals surface area contributed by atoms with Crippen molar-refractivity contribution in [1.82, 2.24) is 9.97 Å². The Morgan fingerprint density at radius 3 is 2.88 bits per heavy atom. The van der Waals surface area contributed by atoms with Crippen molar-refractivity contribution in [2.24, 2.45) is 0 Å². The third kappa shape index (κ3) is 2.89. The van der Waals surface area contributed by atoms with Crippen LogP contribution in [0.3, 0.4) is 0 Å². The third-order valence-corrected chi connectivity index (χ3v) is 2.80. The van der Waals surface area contributed by atoms with Crippen molar-refractivity contribution in [2.75, 3.05) is 5.32 Å². The van der Waals surface area contributed by atoms with Gasteiger partial charge in [-0.1, -0.05) is 5.92 Å². The lowest BCUT2D eigenvalue weighted by Gasteiger charge is -2.00. The second-order valence-electron chi connectivity index (χ2n) is 3.09. The van der Waals surface area contributed by atoms with E-state index in [2.05, 4.69) is 27.1 Å². The van der Waals surface area contributed by atoms with Crippen LogP contribution in [-0.2, 0) is 0 Å². The molecule has 0 unspecified atom stereocenters. The van der Waals surface area contributed by atoms with Gasteiger partial charge in [0.15, 0.2) is 5.01 Å². The molecule has 0 aliphatic carbocycles. The number of aromatic nitrogens is 2. The van der Waals surface area contributed by atoms with Crippen LogP contribution in [0, 0.1) is 11.8 Å². The Bertz CT molecular complexity index is 581. The molecule has 2 rings (SSSR count). The van der Waals surface area contributed by atoms with E-state index in [0.717, 1.165) is 4.88 Å². The predicted molar refractivity (Wildman–Crippen MR) is 66.9 cm³/mol. The second-order valence-corrected chi connectivity index (χ2v) is 4.13. The first-order valence-electron chi connectivity index (χ1n) is 4.89. The zero-order valence-electron chi connectivity index (χ0n) is 9.10. The lowest BCUT2D eigenvalue weighted by molar-refractivity contribution is 0.102. The third-order valence-electron chi connectivity index (χ3n) is 1.89. The largest absolute Gasteiger partial charge is 0.320 e. The Kier molecular flexibility index (Phi) is 3.48. The molecule has 1 N–H and O–H groups in total. The molecule has 0 aliphatic heterocycles. The quantitative estimate of drug-likeness (QED) is 0.822. The number of nitrogens with one attached hydrogen (secondary N) is 1. The fourth-order valence-corrected chi connectivity index (χ4v) is 1.90. The van der Waals surface area contributed by atoms with Gasteiger partial charge in [0.05, 0.1) is 11.1 Å². The van der Waals surface area contributed by atoms with Crippen LogP contribution in [0.15, 0.2) is 30.7 Å². The Labute approximate surface area is 103 Å². The fraction of sp³-hybridized carbons (Fsp3) is 0.0833. The molecule has 84 valence electrons. The summed E-state index contributed by atoms with van der Waals surface area (Å²) in [6, 6.07) is 3.44. The average Bonchev–Trinajstić information content (AvgIpc) is 2.79. The van der Waals surface area contributed by atoms with E-state index in [9.17, 15) is 4.79 Å². The van der Waals surface area contributed by atoms with E-state index >= 15 is 0 Å². The highest BCUT2D eigenvalue weighted by Gasteiger charge is 2.10. The minimum Gasteiger partial charge on any atom is -0.320 e. The lowest BCUT2D eigenvalue weighted by atomic mass is 10.4. The summed E-state index contributed by atoms with van der Waals surface area (Å²) in [4.78, 5) is 20.5. The lowest BCUT2D eigenvalue weighted by Crippen LogP contribution is -2.11. The van der Waals surface area contributed by atoms with Crippen LogP contribution in [0.5, 0.6) is 0 Å². The molecule has 5 heteroatoms. The van der Waals surface area contributed by atoms with Gasteiger partial charge in [0.2, 0.25) is 0 Å². The van der Waals surface area contributed by atoms with Crippen LogP contribution in [0.1, 0.15) is 21.6 Å². The fourth-order valence-electron chi connectivity index (χ4n) is 1.18. The Morgan fingerprint density at radius 2 is 2.18 bits per heavy atom. The van der Waals surface area contributed by atoms with Gasteiger partial charge in [-0.05, 0) is 19.1 Å². The van der Waals surface area contributed by atoms with Crippen molar-refractivity contribution in [3.8, 4) is 11.8 Å². The Balaban J connectivity index is 2.11. The molecule has 17 heavy (non-hydrogen) atoms. The smallest absolute Gasteiger partial charge is 0.284 e. The number of nitrogens with zero attached hydrogens (tertiary/aromatic N) is 2. The highest BCUT2D eigenvalue weighted by Crippen LogP contribution is 2.13. The molecule has 0 fully saturated rings. The zero-order valence-corrected chi connectivity index (χ0v) is 9.91. The Morgan fingerprint density at radius 1 is 1.41 bits per heavy atom. The molecular weight excluding hydrogens is 234 g/mol. The number of amides is 1. The van der Waals surface area contributed by atoms with Crippen molar-refractivity contribution < 1.29 is 4.79 Å². The Hall–Kier alpha value is -2.19. The summed E-state index contributed by atoms with van der Waals surface area (Å²) in [5.74, 6) is 5.40. The molecule has 2 aromatic rings. The first-order valence-corrected chi connectivity index (χ1v) is 5.71. The highest BCUT2D eigenvalue weighted by atomic mass is 32.1. The van der Waals surface area contributed by atoms with Gasteiger partial charge in [0, 0.05) is 18.1 Å². The van der Waals surface area contributed by atoms with Crippen LogP contribution in [0.2, 0.25) is 0 Å². The minimum absolute atomic E-state index is 0.231. The molecule has 0 radical (unpaired) electrons. The monoisotopic (exact) mass is 243 g/mol. The molecule has 1 amide bonds. The van der Waals surface area contributed by atoms with Crippen LogP contribution >= 0.6 is 11.3 Å². The predicted octanol–water partition coefficient (Wildman–Crippen LogP) is 2.16. The molecule has 2 heterocycles. The van der Waals surface area contributed by atoms with E-state index in [-0.39, 0.29) is 5.91 Å². The minimum atomic E-state index is -0.231. The van der Waals surface area contributed by atoms with E-state index in [1.807, 2.05) is 0 Å². The number of hydrogen-bond donors (Lipinski definition) is 1. The molecule has 0 saturated heterocycles. The maximum Gasteiger partial charge on any atom is 0.284 e. The maximum atomic E-state index is 11.8. The molecule has 0 aliphatic rings. The average molecular weight is 243 g/mol. The van der Waals surface area contributed by atoms with Crippen LogP contribution in [0.25, 0.3) is 0 Å². The van der Waals surface area contributed by atoms with E-state index in [1.54, 1.807) is 37.6 Å². The molecule has 0 saturated carbocycles. The number of carbonyl (C=O) groups excluding carboxylic acids is 1. The van der Waals surface area contributed by atoms with Crippen LogP contribution in [0.4, 0.5) is 5.69 Å². The van der Waals surface area contributed by atoms with E-state index in [4.69, 9.17) is 0 Å². The summed E-state index contributed by atoms with van der Waals surface area (Å²) in [5, 5.41) is 3.14. The van der Waals surface area contributed by atoms with Crippen LogP contribution < -0.4 is 5.32 Å². The molecule has 0 aromatic carbocycles. The second kappa shape index (κ2) is 5.23. The molecule has 0 bridgehead atoms. The van der Waals surface area contributed by atoms with Crippen molar-refractivity contribution in [1.29, 1.82) is 0 Å². The number of carbonyl (C=O) groups is 1. The van der Waals surface area contributed by atoms with Gasteiger partial charge in [0.1, 0.15) is 0 Å². The maximum absolute atomic E-state index is 11.8. The SMILES string of the molecule is CC#Cc1cnc(C(=O)Nc2ccncc2)s1. The number of thiazole rings is 1. The van der Waals surface area contributed by atoms with E-state index in [1.165, 1.54) is 11.3 Å². The first-order chi connectivity index (χ1) is 8.29. The van der Waals surface area contributed by atoms with Gasteiger partial charge in [-0.15, -0.1) is 17.3 Å². The molecule has 2 aromatic heterocycles. The normalized spacial score (nSPS) is 9.24. The number of pyridine rings is 1. The van der Waals surface area contributed by atoms with Crippen molar-refractivity contribution in [2.45, 2.75) is 6.92 Å². The summed E-state index contributed by atoms with van der Waals surface area (Å²) in [7, 11) is 0. The molecule has 0 spiro atoms. The topological polar surface area (TPSA) is 54.9 Å². The highest BCUT2D eigenvalue weighted by molar-refractivity contribution is 7.14. The van der Waals surface area contributed by atoms with Crippen molar-refractivity contribution in [3.63, 3.8) is 0 Å². The molecular formula is C12H9N3OS. The van der Waals surface area contributed by atoms with Gasteiger partial charge in [-0.2, -0.15) is 0 Å². The van der Waals surface area contributed by atoms with E-state index in [0.29, 0.717) is 10.7 Å². The van der Waals surface area contributed by atoms with Gasteiger partial charge in [0.25, 0.3) is 5.91 Å². The molecule has 4 nitrogen and oxygen atoms in total. The van der Waals surface area contributed by atoms with Crippen LogP contribution in [-0.4, -0.2) is 15.9 Å². The van der Waals surface area contributed by atoms with Gasteiger partial charge in [-0.3, -0.25) is 9.78 Å². The number of rotatable bonds is 2. The summed E-state index contributed by atoms with van der Waals surface area (Å²) < 4.78 is 0. The number of anilines is 1. The molecule has 0 atom stereocenters. The summed E-state index contributed by atoms with van der Waals surface area (Å²) in [5.41, 5.74) is 0.698. The standard InChI is InChI=1S/C12H9N3OS/c1-2-3-10-8-14-12(17-10)11(16)15-9-4-6-13-7-5-9/h4-8H,1H3,(H,13,15,16). The van der Waals surface area contributed by atoms with Gasteiger partial charge >= 0.3 is 0 Å².